The van der Waals surface area contributed by atoms with Crippen LogP contribution in [0, 0.1) is 5.92 Å². The van der Waals surface area contributed by atoms with E-state index >= 15 is 0 Å². The molecule has 0 bridgehead atoms. The summed E-state index contributed by atoms with van der Waals surface area (Å²) in [4.78, 5) is 1.86. The average molecular weight is 564 g/mol. The van der Waals surface area contributed by atoms with Crippen molar-refractivity contribution in [3.05, 3.63) is 149 Å². The van der Waals surface area contributed by atoms with Crippen molar-refractivity contribution in [2.75, 3.05) is 0 Å². The summed E-state index contributed by atoms with van der Waals surface area (Å²) in [5.74, 6) is 1.44. The predicted octanol–water partition coefficient (Wildman–Crippen LogP) is 7.73. The topological polar surface area (TPSA) is 43.6 Å². The van der Waals surface area contributed by atoms with Gasteiger partial charge in [-0.25, -0.2) is 0 Å². The molecule has 0 aliphatic heterocycles. The smallest absolute Gasteiger partial charge is 0.144 e. The molecule has 5 aromatic rings. The SMILES string of the molecule is BrCc1ccc(C(c2nnn(C(c3ccccc3)(c3ccccc3)c3ccccc3)n2)C2CCCC2)cc1. The van der Waals surface area contributed by atoms with Crippen LogP contribution in [0.4, 0.5) is 0 Å². The number of halogens is 1. The minimum Gasteiger partial charge on any atom is -0.144 e. The molecule has 1 atom stereocenters. The fourth-order valence-electron chi connectivity index (χ4n) is 6.11. The molecular formula is C33H31BrN4. The van der Waals surface area contributed by atoms with Crippen LogP contribution < -0.4 is 0 Å². The maximum absolute atomic E-state index is 5.26. The molecular weight excluding hydrogens is 532 g/mol. The normalized spacial score (nSPS) is 15.0. The molecule has 190 valence electrons. The summed E-state index contributed by atoms with van der Waals surface area (Å²) in [7, 11) is 0. The van der Waals surface area contributed by atoms with E-state index in [1.807, 2.05) is 4.80 Å². The Kier molecular flexibility index (Phi) is 7.19. The van der Waals surface area contributed by atoms with Crippen LogP contribution in [0.5, 0.6) is 0 Å². The lowest BCUT2D eigenvalue weighted by Gasteiger charge is -2.34. The van der Waals surface area contributed by atoms with Gasteiger partial charge in [0.1, 0.15) is 0 Å². The number of nitrogens with zero attached hydrogens (tertiary/aromatic N) is 4. The lowest BCUT2D eigenvalue weighted by atomic mass is 9.77. The van der Waals surface area contributed by atoms with Gasteiger partial charge in [-0.1, -0.05) is 144 Å². The Balaban J connectivity index is 1.55. The van der Waals surface area contributed by atoms with Crippen LogP contribution in [0.1, 0.15) is 65.2 Å². The van der Waals surface area contributed by atoms with Crippen molar-refractivity contribution in [2.45, 2.75) is 42.5 Å². The molecule has 0 spiro atoms. The van der Waals surface area contributed by atoms with Gasteiger partial charge in [-0.2, -0.15) is 0 Å². The molecule has 1 fully saturated rings. The summed E-state index contributed by atoms with van der Waals surface area (Å²) < 4.78 is 0. The summed E-state index contributed by atoms with van der Waals surface area (Å²) in [6, 6.07) is 40.6. The monoisotopic (exact) mass is 562 g/mol. The third-order valence-electron chi connectivity index (χ3n) is 7.95. The van der Waals surface area contributed by atoms with Crippen LogP contribution in [0.2, 0.25) is 0 Å². The first kappa shape index (κ1) is 24.7. The number of tetrazole rings is 1. The average Bonchev–Trinajstić information content (AvgIpc) is 3.70. The van der Waals surface area contributed by atoms with Crippen molar-refractivity contribution >= 4 is 15.9 Å². The van der Waals surface area contributed by atoms with E-state index in [-0.39, 0.29) is 5.92 Å². The van der Waals surface area contributed by atoms with Crippen LogP contribution in [0.15, 0.2) is 115 Å². The Morgan fingerprint density at radius 1 is 0.711 bits per heavy atom. The van der Waals surface area contributed by atoms with Gasteiger partial charge in [0, 0.05) is 5.33 Å². The fraction of sp³-hybridized carbons (Fsp3) is 0.242. The molecule has 4 nitrogen and oxygen atoms in total. The van der Waals surface area contributed by atoms with E-state index in [1.54, 1.807) is 0 Å². The Morgan fingerprint density at radius 2 is 1.21 bits per heavy atom. The van der Waals surface area contributed by atoms with Crippen molar-refractivity contribution in [1.82, 2.24) is 20.2 Å². The third kappa shape index (κ3) is 4.49. The maximum Gasteiger partial charge on any atom is 0.182 e. The Hall–Kier alpha value is -3.57. The standard InChI is InChI=1S/C33H31BrN4/c34-24-25-20-22-27(23-21-25)31(26-12-10-11-13-26)32-35-37-38(36-32)33(28-14-4-1-5-15-28,29-16-6-2-7-17-29)30-18-8-3-9-19-30/h1-9,14-23,26,31H,10-13,24H2. The van der Waals surface area contributed by atoms with Crippen molar-refractivity contribution in [3.8, 4) is 0 Å². The number of rotatable bonds is 8. The van der Waals surface area contributed by atoms with Crippen molar-refractivity contribution in [1.29, 1.82) is 0 Å². The highest BCUT2D eigenvalue weighted by Gasteiger charge is 2.42. The number of benzene rings is 4. The number of aromatic nitrogens is 4. The Bertz CT molecular complexity index is 1350. The van der Waals surface area contributed by atoms with Gasteiger partial charge in [-0.15, -0.1) is 15.0 Å². The van der Waals surface area contributed by atoms with Gasteiger partial charge in [0.05, 0.1) is 5.92 Å². The first-order chi connectivity index (χ1) is 18.8. The maximum atomic E-state index is 5.26. The van der Waals surface area contributed by atoms with E-state index in [1.165, 1.54) is 36.8 Å². The van der Waals surface area contributed by atoms with E-state index in [0.29, 0.717) is 5.92 Å². The molecule has 1 aliphatic rings. The lowest BCUT2D eigenvalue weighted by Crippen LogP contribution is -2.39. The molecule has 1 aromatic heterocycles. The quantitative estimate of drug-likeness (QED) is 0.143. The highest BCUT2D eigenvalue weighted by molar-refractivity contribution is 9.08. The summed E-state index contributed by atoms with van der Waals surface area (Å²) in [6.45, 7) is 0. The van der Waals surface area contributed by atoms with Gasteiger partial charge in [-0.3, -0.25) is 0 Å². The van der Waals surface area contributed by atoms with Gasteiger partial charge < -0.3 is 0 Å². The third-order valence-corrected chi connectivity index (χ3v) is 8.59. The van der Waals surface area contributed by atoms with Crippen LogP contribution in [0.25, 0.3) is 0 Å². The van der Waals surface area contributed by atoms with Crippen molar-refractivity contribution in [3.63, 3.8) is 0 Å². The molecule has 6 rings (SSSR count). The van der Waals surface area contributed by atoms with Gasteiger partial charge in [0.2, 0.25) is 0 Å². The van der Waals surface area contributed by atoms with Crippen LogP contribution in [-0.2, 0) is 10.9 Å². The fourth-order valence-corrected chi connectivity index (χ4v) is 6.49. The molecule has 38 heavy (non-hydrogen) atoms. The summed E-state index contributed by atoms with van der Waals surface area (Å²) in [5.41, 5.74) is 5.08. The summed E-state index contributed by atoms with van der Waals surface area (Å²) in [6.07, 6.45) is 4.91. The first-order valence-corrected chi connectivity index (χ1v) is 14.5. The number of alkyl halides is 1. The lowest BCUT2D eigenvalue weighted by molar-refractivity contribution is 0.390. The first-order valence-electron chi connectivity index (χ1n) is 13.4. The molecule has 0 saturated heterocycles. The molecule has 0 N–H and O–H groups in total. The Morgan fingerprint density at radius 3 is 1.68 bits per heavy atom. The molecule has 1 saturated carbocycles. The molecule has 5 heteroatoms. The molecule has 1 unspecified atom stereocenters. The van der Waals surface area contributed by atoms with Crippen LogP contribution in [-0.4, -0.2) is 20.2 Å². The van der Waals surface area contributed by atoms with Crippen molar-refractivity contribution in [2.24, 2.45) is 5.92 Å². The van der Waals surface area contributed by atoms with E-state index in [9.17, 15) is 0 Å². The second kappa shape index (κ2) is 11.0. The molecule has 4 aromatic carbocycles. The van der Waals surface area contributed by atoms with E-state index in [4.69, 9.17) is 15.4 Å². The number of hydrogen-bond donors (Lipinski definition) is 0. The molecule has 1 aliphatic carbocycles. The zero-order valence-electron chi connectivity index (χ0n) is 21.3. The van der Waals surface area contributed by atoms with Gasteiger partial charge in [0.25, 0.3) is 0 Å². The molecule has 1 heterocycles. The van der Waals surface area contributed by atoms with Crippen molar-refractivity contribution < 1.29 is 0 Å². The second-order valence-corrected chi connectivity index (χ2v) is 10.7. The number of hydrogen-bond acceptors (Lipinski definition) is 3. The van der Waals surface area contributed by atoms with E-state index in [2.05, 4.69) is 131 Å². The van der Waals surface area contributed by atoms with Gasteiger partial charge in [-0.05, 0) is 51.8 Å². The zero-order chi connectivity index (χ0) is 25.8. The molecule has 0 amide bonds. The van der Waals surface area contributed by atoms with E-state index in [0.717, 1.165) is 27.8 Å². The minimum atomic E-state index is -0.755. The second-order valence-electron chi connectivity index (χ2n) is 10.1. The van der Waals surface area contributed by atoms with Gasteiger partial charge >= 0.3 is 0 Å². The largest absolute Gasteiger partial charge is 0.182 e. The summed E-state index contributed by atoms with van der Waals surface area (Å²) in [5, 5.41) is 15.7. The highest BCUT2D eigenvalue weighted by atomic mass is 79.9. The molecule has 0 radical (unpaired) electrons. The Labute approximate surface area is 232 Å². The minimum absolute atomic E-state index is 0.121. The van der Waals surface area contributed by atoms with E-state index < -0.39 is 5.54 Å². The summed E-state index contributed by atoms with van der Waals surface area (Å²) >= 11 is 3.58. The van der Waals surface area contributed by atoms with Gasteiger partial charge in [0.15, 0.2) is 11.4 Å². The van der Waals surface area contributed by atoms with Crippen LogP contribution in [0.3, 0.4) is 0 Å². The predicted molar refractivity (Wildman–Crippen MR) is 155 cm³/mol. The van der Waals surface area contributed by atoms with Crippen LogP contribution >= 0.6 is 15.9 Å². The zero-order valence-corrected chi connectivity index (χ0v) is 22.9. The highest BCUT2D eigenvalue weighted by Crippen LogP contribution is 2.43.